The molecule has 1 aliphatic rings. The molecule has 1 aliphatic heterocycles. The van der Waals surface area contributed by atoms with Gasteiger partial charge < -0.3 is 10.0 Å². The molecule has 1 aromatic rings. The van der Waals surface area contributed by atoms with E-state index in [2.05, 4.69) is 27.1 Å². The quantitative estimate of drug-likeness (QED) is 0.790. The number of piperazine rings is 1. The molecule has 0 aliphatic carbocycles. The van der Waals surface area contributed by atoms with Crippen LogP contribution in [0.15, 0.2) is 5.38 Å². The lowest BCUT2D eigenvalue weighted by atomic mass is 10.1. The zero-order valence-electron chi connectivity index (χ0n) is 14.4. The van der Waals surface area contributed by atoms with Crippen LogP contribution in [0.25, 0.3) is 0 Å². The maximum atomic E-state index is 11.7. The van der Waals surface area contributed by atoms with Gasteiger partial charge in [0.2, 0.25) is 5.91 Å². The Morgan fingerprint density at radius 3 is 2.65 bits per heavy atom. The van der Waals surface area contributed by atoms with Gasteiger partial charge in [-0.2, -0.15) is 0 Å². The second-order valence-electron chi connectivity index (χ2n) is 6.25. The Hall–Kier alpha value is -1.02. The smallest absolute Gasteiger partial charge is 0.228 e. The molecular formula is C16H28N4O2S. The summed E-state index contributed by atoms with van der Waals surface area (Å²) in [4.78, 5) is 22.7. The zero-order valence-corrected chi connectivity index (χ0v) is 15.2. The molecule has 0 bridgehead atoms. The number of hydrogen-bond donors (Lipinski definition) is 1. The van der Waals surface area contributed by atoms with Crippen molar-refractivity contribution in [3.05, 3.63) is 16.1 Å². The van der Waals surface area contributed by atoms with Gasteiger partial charge in [0, 0.05) is 58.2 Å². The summed E-state index contributed by atoms with van der Waals surface area (Å²) in [5.41, 5.74) is 1.05. The molecule has 0 radical (unpaired) electrons. The van der Waals surface area contributed by atoms with Crippen molar-refractivity contribution in [3.63, 3.8) is 0 Å². The van der Waals surface area contributed by atoms with Crippen molar-refractivity contribution >= 4 is 17.2 Å². The molecule has 1 unspecified atom stereocenters. The van der Waals surface area contributed by atoms with Crippen molar-refractivity contribution in [3.8, 4) is 0 Å². The summed E-state index contributed by atoms with van der Waals surface area (Å²) >= 11 is 1.57. The lowest BCUT2D eigenvalue weighted by Crippen LogP contribution is -2.50. The first kappa shape index (κ1) is 18.3. The van der Waals surface area contributed by atoms with E-state index in [0.29, 0.717) is 12.5 Å². The van der Waals surface area contributed by atoms with E-state index in [1.165, 1.54) is 0 Å². The Labute approximate surface area is 142 Å². The molecule has 1 saturated heterocycles. The Morgan fingerprint density at radius 1 is 1.39 bits per heavy atom. The minimum Gasteiger partial charge on any atom is -0.395 e. The zero-order chi connectivity index (χ0) is 16.8. The van der Waals surface area contributed by atoms with E-state index < -0.39 is 0 Å². The molecule has 0 spiro atoms. The highest BCUT2D eigenvalue weighted by Gasteiger charge is 2.22. The highest BCUT2D eigenvalue weighted by Crippen LogP contribution is 2.15. The van der Waals surface area contributed by atoms with Crippen LogP contribution in [-0.2, 0) is 17.8 Å². The molecule has 130 valence electrons. The molecule has 2 heterocycles. The fourth-order valence-corrected chi connectivity index (χ4v) is 3.58. The minimum atomic E-state index is 0.0918. The molecule has 23 heavy (non-hydrogen) atoms. The van der Waals surface area contributed by atoms with Gasteiger partial charge >= 0.3 is 0 Å². The van der Waals surface area contributed by atoms with Crippen LogP contribution >= 0.6 is 11.3 Å². The summed E-state index contributed by atoms with van der Waals surface area (Å²) in [6.07, 6.45) is 1.38. The van der Waals surface area contributed by atoms with Crippen LogP contribution < -0.4 is 0 Å². The fourth-order valence-electron chi connectivity index (χ4n) is 2.81. The van der Waals surface area contributed by atoms with Crippen molar-refractivity contribution in [1.82, 2.24) is 19.7 Å². The topological polar surface area (TPSA) is 59.9 Å². The number of aliphatic hydroxyl groups is 1. The van der Waals surface area contributed by atoms with Gasteiger partial charge in [0.05, 0.1) is 18.7 Å². The highest BCUT2D eigenvalue weighted by atomic mass is 32.1. The van der Waals surface area contributed by atoms with Crippen LogP contribution in [0.1, 0.15) is 24.0 Å². The van der Waals surface area contributed by atoms with Crippen LogP contribution in [0.4, 0.5) is 0 Å². The van der Waals surface area contributed by atoms with E-state index in [1.807, 2.05) is 0 Å². The first-order chi connectivity index (χ1) is 11.0. The Morgan fingerprint density at radius 2 is 2.09 bits per heavy atom. The first-order valence-electron chi connectivity index (χ1n) is 8.24. The molecule has 2 rings (SSSR count). The van der Waals surface area contributed by atoms with Gasteiger partial charge in [0.25, 0.3) is 0 Å². The van der Waals surface area contributed by atoms with Gasteiger partial charge in [0.15, 0.2) is 0 Å². The van der Waals surface area contributed by atoms with Crippen molar-refractivity contribution in [2.45, 2.75) is 32.4 Å². The molecule has 6 nitrogen and oxygen atoms in total. The van der Waals surface area contributed by atoms with Gasteiger partial charge in [-0.3, -0.25) is 14.6 Å². The predicted molar refractivity (Wildman–Crippen MR) is 92.5 cm³/mol. The van der Waals surface area contributed by atoms with E-state index >= 15 is 0 Å². The number of nitrogens with zero attached hydrogens (tertiary/aromatic N) is 4. The monoisotopic (exact) mass is 340 g/mol. The van der Waals surface area contributed by atoms with Crippen molar-refractivity contribution in [2.75, 3.05) is 46.9 Å². The number of hydrogen-bond acceptors (Lipinski definition) is 6. The van der Waals surface area contributed by atoms with Crippen LogP contribution in [-0.4, -0.2) is 83.6 Å². The lowest BCUT2D eigenvalue weighted by Gasteiger charge is -2.38. The number of rotatable bonds is 7. The summed E-state index contributed by atoms with van der Waals surface area (Å²) in [7, 11) is 3.54. The number of carbonyl (C=O) groups is 1. The number of aliphatic hydroxyl groups excluding tert-OH is 1. The Balaban J connectivity index is 1.80. The largest absolute Gasteiger partial charge is 0.395 e. The number of carbonyl (C=O) groups excluding carboxylic acids is 1. The number of thiazole rings is 1. The van der Waals surface area contributed by atoms with Crippen LogP contribution in [0.2, 0.25) is 0 Å². The SMILES string of the molecule is CCC(CO)N1CCN(Cc2csc(CC(=O)N(C)C)n2)CC1. The third-order valence-corrected chi connectivity index (χ3v) is 5.29. The average molecular weight is 340 g/mol. The molecule has 0 saturated carbocycles. The molecule has 7 heteroatoms. The summed E-state index contributed by atoms with van der Waals surface area (Å²) in [5.74, 6) is 0.0918. The summed E-state index contributed by atoms with van der Waals surface area (Å²) in [6, 6.07) is 0.292. The van der Waals surface area contributed by atoms with E-state index in [-0.39, 0.29) is 12.5 Å². The van der Waals surface area contributed by atoms with Crippen LogP contribution in [0.3, 0.4) is 0 Å². The third-order valence-electron chi connectivity index (χ3n) is 4.39. The maximum Gasteiger partial charge on any atom is 0.228 e. The lowest BCUT2D eigenvalue weighted by molar-refractivity contribution is -0.127. The van der Waals surface area contributed by atoms with Gasteiger partial charge in [-0.15, -0.1) is 11.3 Å². The highest BCUT2D eigenvalue weighted by molar-refractivity contribution is 7.09. The first-order valence-corrected chi connectivity index (χ1v) is 9.12. The minimum absolute atomic E-state index is 0.0918. The van der Waals surface area contributed by atoms with Crippen molar-refractivity contribution in [2.24, 2.45) is 0 Å². The average Bonchev–Trinajstić information content (AvgIpc) is 2.97. The standard InChI is InChI=1S/C16H28N4O2S/c1-4-14(11-21)20-7-5-19(6-8-20)10-13-12-23-15(17-13)9-16(22)18(2)3/h12,14,21H,4-11H2,1-3H3. The Kier molecular flexibility index (Phi) is 6.95. The molecule has 1 atom stereocenters. The molecule has 1 amide bonds. The van der Waals surface area contributed by atoms with Gasteiger partial charge in [-0.1, -0.05) is 6.92 Å². The second kappa shape index (κ2) is 8.73. The number of likely N-dealkylation sites (N-methyl/N-ethyl adjacent to an activating group) is 1. The molecule has 1 fully saturated rings. The molecule has 1 aromatic heterocycles. The van der Waals surface area contributed by atoms with Gasteiger partial charge in [-0.25, -0.2) is 4.98 Å². The summed E-state index contributed by atoms with van der Waals surface area (Å²) in [6.45, 7) is 7.20. The van der Waals surface area contributed by atoms with Crippen LogP contribution in [0.5, 0.6) is 0 Å². The third kappa shape index (κ3) is 5.24. The second-order valence-corrected chi connectivity index (χ2v) is 7.20. The van der Waals surface area contributed by atoms with Gasteiger partial charge in [0.1, 0.15) is 5.01 Å². The molecule has 1 N–H and O–H groups in total. The summed E-state index contributed by atoms with van der Waals surface area (Å²) in [5, 5.41) is 12.4. The van der Waals surface area contributed by atoms with Crippen molar-refractivity contribution in [1.29, 1.82) is 0 Å². The van der Waals surface area contributed by atoms with Crippen LogP contribution in [0, 0.1) is 0 Å². The Bertz CT molecular complexity index is 494. The van der Waals surface area contributed by atoms with E-state index in [0.717, 1.165) is 49.8 Å². The normalized spacial score (nSPS) is 18.1. The van der Waals surface area contributed by atoms with E-state index in [9.17, 15) is 9.90 Å². The van der Waals surface area contributed by atoms with E-state index in [1.54, 1.807) is 30.3 Å². The molecular weight excluding hydrogens is 312 g/mol. The number of amides is 1. The molecule has 0 aromatic carbocycles. The van der Waals surface area contributed by atoms with E-state index in [4.69, 9.17) is 0 Å². The summed E-state index contributed by atoms with van der Waals surface area (Å²) < 4.78 is 0. The predicted octanol–water partition coefficient (Wildman–Crippen LogP) is 0.662. The fraction of sp³-hybridized carbons (Fsp3) is 0.750. The van der Waals surface area contributed by atoms with Gasteiger partial charge in [-0.05, 0) is 6.42 Å². The van der Waals surface area contributed by atoms with Crippen molar-refractivity contribution < 1.29 is 9.90 Å². The maximum absolute atomic E-state index is 11.7. The number of aromatic nitrogens is 1.